The molecule has 17 heavy (non-hydrogen) atoms. The van der Waals surface area contributed by atoms with E-state index in [0.29, 0.717) is 0 Å². The lowest BCUT2D eigenvalue weighted by Gasteiger charge is -2.35. The molecule has 0 radical (unpaired) electrons. The number of carbonyl (C=O) groups excluding carboxylic acids is 2. The third-order valence-corrected chi connectivity index (χ3v) is 3.03. The van der Waals surface area contributed by atoms with E-state index in [1.165, 1.54) is 13.8 Å². The maximum Gasteiger partial charge on any atom is 0.307 e. The zero-order chi connectivity index (χ0) is 13.1. The zero-order valence-electron chi connectivity index (χ0n) is 10.9. The van der Waals surface area contributed by atoms with Crippen LogP contribution < -0.4 is 0 Å². The highest BCUT2D eigenvalue weighted by molar-refractivity contribution is 5.67. The number of rotatable bonds is 3. The first-order chi connectivity index (χ1) is 7.81. The van der Waals surface area contributed by atoms with Crippen molar-refractivity contribution in [3.05, 3.63) is 11.8 Å². The van der Waals surface area contributed by atoms with Gasteiger partial charge in [-0.1, -0.05) is 0 Å². The topological polar surface area (TPSA) is 52.6 Å². The normalized spacial score (nSPS) is 20.5. The van der Waals surface area contributed by atoms with Gasteiger partial charge in [-0.3, -0.25) is 9.59 Å². The summed E-state index contributed by atoms with van der Waals surface area (Å²) in [6, 6.07) is 0. The van der Waals surface area contributed by atoms with Gasteiger partial charge < -0.3 is 9.47 Å². The van der Waals surface area contributed by atoms with Crippen molar-refractivity contribution >= 4 is 11.9 Å². The average molecular weight is 240 g/mol. The molecule has 4 nitrogen and oxygen atoms in total. The third kappa shape index (κ3) is 4.21. The van der Waals surface area contributed by atoms with E-state index in [-0.39, 0.29) is 17.9 Å². The molecular weight excluding hydrogens is 220 g/mol. The van der Waals surface area contributed by atoms with Gasteiger partial charge in [-0.15, -0.1) is 0 Å². The predicted octanol–water partition coefficient (Wildman–Crippen LogP) is 2.58. The quantitative estimate of drug-likeness (QED) is 0.711. The monoisotopic (exact) mass is 240 g/mol. The Morgan fingerprint density at radius 1 is 1.29 bits per heavy atom. The van der Waals surface area contributed by atoms with E-state index in [1.807, 2.05) is 19.9 Å². The highest BCUT2D eigenvalue weighted by atomic mass is 16.6. The Bertz CT molecular complexity index is 341. The van der Waals surface area contributed by atoms with E-state index in [9.17, 15) is 9.59 Å². The summed E-state index contributed by atoms with van der Waals surface area (Å²) in [5.74, 6) is 0.455. The lowest BCUT2D eigenvalue weighted by molar-refractivity contribution is -0.159. The number of esters is 2. The Morgan fingerprint density at radius 2 is 1.94 bits per heavy atom. The molecule has 0 N–H and O–H groups in total. The first-order valence-electron chi connectivity index (χ1n) is 5.88. The van der Waals surface area contributed by atoms with Crippen LogP contribution in [0.4, 0.5) is 0 Å². The lowest BCUT2D eigenvalue weighted by atomic mass is 9.81. The minimum absolute atomic E-state index is 0.259. The van der Waals surface area contributed by atoms with Gasteiger partial charge in [-0.25, -0.2) is 0 Å². The van der Waals surface area contributed by atoms with Crippen molar-refractivity contribution < 1.29 is 19.1 Å². The van der Waals surface area contributed by atoms with Gasteiger partial charge in [0.2, 0.25) is 0 Å². The summed E-state index contributed by atoms with van der Waals surface area (Å²) in [6.07, 6.45) is 4.26. The first kappa shape index (κ1) is 13.7. The first-order valence-corrected chi connectivity index (χ1v) is 5.88. The van der Waals surface area contributed by atoms with Gasteiger partial charge in [0.25, 0.3) is 0 Å². The molecule has 0 spiro atoms. The van der Waals surface area contributed by atoms with Gasteiger partial charge in [0.05, 0.1) is 0 Å². The minimum Gasteiger partial charge on any atom is -0.460 e. The molecule has 0 saturated heterocycles. The van der Waals surface area contributed by atoms with E-state index in [0.717, 1.165) is 25.0 Å². The fourth-order valence-electron chi connectivity index (χ4n) is 2.17. The molecule has 0 amide bonds. The van der Waals surface area contributed by atoms with E-state index < -0.39 is 5.60 Å². The van der Waals surface area contributed by atoms with Crippen LogP contribution in [-0.4, -0.2) is 17.5 Å². The molecule has 96 valence electrons. The van der Waals surface area contributed by atoms with Crippen LogP contribution in [-0.2, 0) is 19.1 Å². The molecule has 1 aliphatic rings. The molecule has 0 fully saturated rings. The minimum atomic E-state index is -0.468. The molecule has 0 aliphatic heterocycles. The molecule has 1 atom stereocenters. The van der Waals surface area contributed by atoms with Crippen LogP contribution in [0.3, 0.4) is 0 Å². The van der Waals surface area contributed by atoms with Gasteiger partial charge in [-0.05, 0) is 32.8 Å². The fraction of sp³-hybridized carbons (Fsp3) is 0.692. The standard InChI is InChI=1S/C13H20O4/c1-9(14)16-12-7-5-11(6-8-12)13(3,4)17-10(2)15/h7,11H,5-6,8H2,1-4H3/t11-/m1/s1. The summed E-state index contributed by atoms with van der Waals surface area (Å²) in [5, 5.41) is 0. The molecule has 0 aromatic rings. The summed E-state index contributed by atoms with van der Waals surface area (Å²) in [7, 11) is 0. The van der Waals surface area contributed by atoms with Crippen LogP contribution in [0.25, 0.3) is 0 Å². The van der Waals surface area contributed by atoms with Crippen LogP contribution in [0.1, 0.15) is 47.0 Å². The van der Waals surface area contributed by atoms with Crippen molar-refractivity contribution in [2.45, 2.75) is 52.6 Å². The van der Waals surface area contributed by atoms with E-state index in [1.54, 1.807) is 0 Å². The Hall–Kier alpha value is -1.32. The van der Waals surface area contributed by atoms with Gasteiger partial charge >= 0.3 is 11.9 Å². The number of carbonyl (C=O) groups is 2. The van der Waals surface area contributed by atoms with Gasteiger partial charge in [0.1, 0.15) is 11.4 Å². The average Bonchev–Trinajstić information content (AvgIpc) is 2.15. The molecule has 0 aromatic heterocycles. The Labute approximate surface area is 102 Å². The Balaban J connectivity index is 2.58. The van der Waals surface area contributed by atoms with Crippen molar-refractivity contribution in [3.8, 4) is 0 Å². The Kier molecular flexibility index (Phi) is 4.32. The summed E-state index contributed by atoms with van der Waals surface area (Å²) in [4.78, 5) is 21.8. The van der Waals surface area contributed by atoms with Gasteiger partial charge in [-0.2, -0.15) is 0 Å². The summed E-state index contributed by atoms with van der Waals surface area (Å²) >= 11 is 0. The van der Waals surface area contributed by atoms with Gasteiger partial charge in [0.15, 0.2) is 0 Å². The molecule has 0 heterocycles. The maximum absolute atomic E-state index is 11.0. The molecule has 1 rings (SSSR count). The zero-order valence-corrected chi connectivity index (χ0v) is 10.9. The number of ether oxygens (including phenoxy) is 2. The fourth-order valence-corrected chi connectivity index (χ4v) is 2.17. The highest BCUT2D eigenvalue weighted by Crippen LogP contribution is 2.34. The second-order valence-electron chi connectivity index (χ2n) is 4.93. The summed E-state index contributed by atoms with van der Waals surface area (Å²) in [6.45, 7) is 6.66. The van der Waals surface area contributed by atoms with Crippen molar-refractivity contribution in [1.29, 1.82) is 0 Å². The molecule has 0 unspecified atom stereocenters. The predicted molar refractivity (Wildman–Crippen MR) is 63.0 cm³/mol. The Morgan fingerprint density at radius 3 is 2.35 bits per heavy atom. The van der Waals surface area contributed by atoms with Crippen LogP contribution in [0.5, 0.6) is 0 Å². The second-order valence-corrected chi connectivity index (χ2v) is 4.93. The van der Waals surface area contributed by atoms with Crippen LogP contribution >= 0.6 is 0 Å². The van der Waals surface area contributed by atoms with Crippen molar-refractivity contribution in [2.75, 3.05) is 0 Å². The van der Waals surface area contributed by atoms with Crippen molar-refractivity contribution in [1.82, 2.24) is 0 Å². The SMILES string of the molecule is CC(=O)OC1=CC[C@@H](C(C)(C)OC(C)=O)CC1. The maximum atomic E-state index is 11.0. The van der Waals surface area contributed by atoms with Crippen LogP contribution in [0.2, 0.25) is 0 Å². The lowest BCUT2D eigenvalue weighted by Crippen LogP contribution is -2.37. The number of hydrogen-bond acceptors (Lipinski definition) is 4. The molecule has 0 bridgehead atoms. The van der Waals surface area contributed by atoms with Crippen LogP contribution in [0.15, 0.2) is 11.8 Å². The van der Waals surface area contributed by atoms with Crippen molar-refractivity contribution in [2.24, 2.45) is 5.92 Å². The summed E-state index contributed by atoms with van der Waals surface area (Å²) in [5.41, 5.74) is -0.468. The number of hydrogen-bond donors (Lipinski definition) is 0. The largest absolute Gasteiger partial charge is 0.460 e. The molecule has 4 heteroatoms. The smallest absolute Gasteiger partial charge is 0.307 e. The number of allylic oxidation sites excluding steroid dienone is 2. The van der Waals surface area contributed by atoms with E-state index in [2.05, 4.69) is 0 Å². The van der Waals surface area contributed by atoms with Gasteiger partial charge in [0, 0.05) is 26.2 Å². The molecule has 0 aromatic carbocycles. The van der Waals surface area contributed by atoms with Crippen molar-refractivity contribution in [3.63, 3.8) is 0 Å². The van der Waals surface area contributed by atoms with Crippen LogP contribution in [0, 0.1) is 5.92 Å². The molecular formula is C13H20O4. The molecule has 0 saturated carbocycles. The molecule has 1 aliphatic carbocycles. The second kappa shape index (κ2) is 5.34. The van der Waals surface area contributed by atoms with E-state index in [4.69, 9.17) is 9.47 Å². The summed E-state index contributed by atoms with van der Waals surface area (Å²) < 4.78 is 10.4. The van der Waals surface area contributed by atoms with E-state index >= 15 is 0 Å². The third-order valence-electron chi connectivity index (χ3n) is 3.03. The highest BCUT2D eigenvalue weighted by Gasteiger charge is 2.33.